The number of unbranched alkanes of at least 4 members (excludes halogenated alkanes) is 6. The van der Waals surface area contributed by atoms with Gasteiger partial charge in [-0.2, -0.15) is 0 Å². The Bertz CT molecular complexity index is 1510. The standard InChI is InChI=1S/C37H38F6O2/c1-26-24-32(31-18-21-34(22-19-31)44-36(38,39)40)17-16-29(26)11-9-7-5-3-4-6-8-10-28-12-14-30(15-13-28)33-20-23-35(27(2)25-33)45-37(41,42)43/h12-25H,3-11H2,1-2H3. The fraction of sp³-hybridized carbons (Fsp3) is 0.351. The van der Waals surface area contributed by atoms with Crippen molar-refractivity contribution in [1.82, 2.24) is 0 Å². The van der Waals surface area contributed by atoms with E-state index in [1.54, 1.807) is 31.2 Å². The molecule has 0 aliphatic rings. The number of rotatable bonds is 14. The molecule has 8 heteroatoms. The summed E-state index contributed by atoms with van der Waals surface area (Å²) in [5, 5.41) is 0. The molecule has 0 saturated heterocycles. The van der Waals surface area contributed by atoms with E-state index in [4.69, 9.17) is 0 Å². The maximum absolute atomic E-state index is 12.5. The molecule has 0 aliphatic heterocycles. The summed E-state index contributed by atoms with van der Waals surface area (Å²) in [6, 6.07) is 25.1. The van der Waals surface area contributed by atoms with Gasteiger partial charge in [0.05, 0.1) is 0 Å². The highest BCUT2D eigenvalue weighted by Gasteiger charge is 2.32. The van der Waals surface area contributed by atoms with E-state index >= 15 is 0 Å². The van der Waals surface area contributed by atoms with Crippen molar-refractivity contribution in [3.05, 3.63) is 107 Å². The van der Waals surface area contributed by atoms with Gasteiger partial charge in [-0.15, -0.1) is 26.3 Å². The van der Waals surface area contributed by atoms with Crippen molar-refractivity contribution in [1.29, 1.82) is 0 Å². The highest BCUT2D eigenvalue weighted by molar-refractivity contribution is 5.66. The van der Waals surface area contributed by atoms with Gasteiger partial charge in [0.1, 0.15) is 11.5 Å². The minimum absolute atomic E-state index is 0.182. The molecule has 0 heterocycles. The zero-order chi connectivity index (χ0) is 32.5. The molecule has 2 nitrogen and oxygen atoms in total. The maximum atomic E-state index is 12.5. The molecular formula is C37H38F6O2. The Hall–Kier alpha value is -3.94. The second kappa shape index (κ2) is 15.4. The van der Waals surface area contributed by atoms with E-state index in [2.05, 4.69) is 40.7 Å². The van der Waals surface area contributed by atoms with Crippen LogP contribution in [0.4, 0.5) is 26.3 Å². The first-order valence-electron chi connectivity index (χ1n) is 15.3. The van der Waals surface area contributed by atoms with Crippen molar-refractivity contribution in [2.45, 2.75) is 84.4 Å². The summed E-state index contributed by atoms with van der Waals surface area (Å²) >= 11 is 0. The summed E-state index contributed by atoms with van der Waals surface area (Å²) in [5.41, 5.74) is 7.79. The minimum Gasteiger partial charge on any atom is -0.406 e. The Balaban J connectivity index is 1.10. The first-order valence-corrected chi connectivity index (χ1v) is 15.3. The molecule has 0 bridgehead atoms. The molecule has 0 fully saturated rings. The number of alkyl halides is 6. The maximum Gasteiger partial charge on any atom is 0.573 e. The van der Waals surface area contributed by atoms with Crippen LogP contribution in [-0.4, -0.2) is 12.7 Å². The van der Waals surface area contributed by atoms with Crippen LogP contribution in [0, 0.1) is 13.8 Å². The van der Waals surface area contributed by atoms with E-state index < -0.39 is 12.7 Å². The second-order valence-electron chi connectivity index (χ2n) is 11.4. The van der Waals surface area contributed by atoms with E-state index in [1.807, 2.05) is 18.2 Å². The summed E-state index contributed by atoms with van der Waals surface area (Å²) < 4.78 is 82.8. The highest BCUT2D eigenvalue weighted by Crippen LogP contribution is 2.31. The molecule has 0 atom stereocenters. The van der Waals surface area contributed by atoms with E-state index in [0.29, 0.717) is 5.56 Å². The lowest BCUT2D eigenvalue weighted by Crippen LogP contribution is -2.17. The lowest BCUT2D eigenvalue weighted by Gasteiger charge is -2.12. The third-order valence-corrected chi connectivity index (χ3v) is 7.86. The lowest BCUT2D eigenvalue weighted by molar-refractivity contribution is -0.275. The number of hydrogen-bond donors (Lipinski definition) is 0. The Morgan fingerprint density at radius 2 is 0.933 bits per heavy atom. The van der Waals surface area contributed by atoms with Crippen LogP contribution in [0.15, 0.2) is 84.9 Å². The molecule has 0 spiro atoms. The van der Waals surface area contributed by atoms with Crippen molar-refractivity contribution < 1.29 is 35.8 Å². The number of ether oxygens (including phenoxy) is 2. The molecule has 0 radical (unpaired) electrons. The smallest absolute Gasteiger partial charge is 0.406 e. The number of aryl methyl sites for hydroxylation is 4. The van der Waals surface area contributed by atoms with Crippen molar-refractivity contribution >= 4 is 0 Å². The zero-order valence-electron chi connectivity index (χ0n) is 25.5. The van der Waals surface area contributed by atoms with E-state index in [1.165, 1.54) is 67.0 Å². The van der Waals surface area contributed by atoms with Crippen molar-refractivity contribution in [2.75, 3.05) is 0 Å². The molecule has 0 saturated carbocycles. The predicted molar refractivity (Wildman–Crippen MR) is 166 cm³/mol. The Labute approximate surface area is 261 Å². The van der Waals surface area contributed by atoms with Gasteiger partial charge in [0.25, 0.3) is 0 Å². The molecule has 4 rings (SSSR count). The Morgan fingerprint density at radius 3 is 1.47 bits per heavy atom. The molecule has 4 aromatic carbocycles. The van der Waals surface area contributed by atoms with Gasteiger partial charge in [0, 0.05) is 0 Å². The van der Waals surface area contributed by atoms with Crippen LogP contribution in [0.3, 0.4) is 0 Å². The Kier molecular flexibility index (Phi) is 11.6. The van der Waals surface area contributed by atoms with Crippen molar-refractivity contribution in [2.24, 2.45) is 0 Å². The highest BCUT2D eigenvalue weighted by atomic mass is 19.4. The van der Waals surface area contributed by atoms with Gasteiger partial charge in [-0.25, -0.2) is 0 Å². The fourth-order valence-corrected chi connectivity index (χ4v) is 5.47. The van der Waals surface area contributed by atoms with Crippen LogP contribution in [0.1, 0.15) is 67.2 Å². The molecule has 240 valence electrons. The zero-order valence-corrected chi connectivity index (χ0v) is 25.5. The molecule has 0 aliphatic carbocycles. The van der Waals surface area contributed by atoms with Gasteiger partial charge >= 0.3 is 12.7 Å². The number of benzene rings is 4. The van der Waals surface area contributed by atoms with Gasteiger partial charge in [-0.3, -0.25) is 0 Å². The molecule has 0 unspecified atom stereocenters. The van der Waals surface area contributed by atoms with E-state index in [9.17, 15) is 26.3 Å². The predicted octanol–water partition coefficient (Wildman–Crippen LogP) is 12.0. The third-order valence-electron chi connectivity index (χ3n) is 7.86. The quantitative estimate of drug-likeness (QED) is 0.102. The molecule has 4 aromatic rings. The second-order valence-corrected chi connectivity index (χ2v) is 11.4. The summed E-state index contributed by atoms with van der Waals surface area (Å²) in [7, 11) is 0. The molecule has 0 N–H and O–H groups in total. The third kappa shape index (κ3) is 11.2. The summed E-state index contributed by atoms with van der Waals surface area (Å²) in [5.74, 6) is -0.408. The number of hydrogen-bond acceptors (Lipinski definition) is 2. The fourth-order valence-electron chi connectivity index (χ4n) is 5.47. The van der Waals surface area contributed by atoms with Crippen LogP contribution in [0.2, 0.25) is 0 Å². The lowest BCUT2D eigenvalue weighted by atomic mass is 9.96. The largest absolute Gasteiger partial charge is 0.573 e. The average molecular weight is 629 g/mol. The average Bonchev–Trinajstić information content (AvgIpc) is 2.97. The van der Waals surface area contributed by atoms with Crippen LogP contribution >= 0.6 is 0 Å². The van der Waals surface area contributed by atoms with Crippen LogP contribution in [-0.2, 0) is 12.8 Å². The van der Waals surface area contributed by atoms with Crippen LogP contribution in [0.5, 0.6) is 11.5 Å². The van der Waals surface area contributed by atoms with Crippen molar-refractivity contribution in [3.63, 3.8) is 0 Å². The van der Waals surface area contributed by atoms with Gasteiger partial charge in [0.2, 0.25) is 0 Å². The van der Waals surface area contributed by atoms with Gasteiger partial charge < -0.3 is 9.47 Å². The van der Waals surface area contributed by atoms with Gasteiger partial charge in [0.15, 0.2) is 0 Å². The molecule has 0 amide bonds. The first-order chi connectivity index (χ1) is 21.4. The summed E-state index contributed by atoms with van der Waals surface area (Å²) in [6.07, 6.45) is 0.791. The molecule has 45 heavy (non-hydrogen) atoms. The number of halogens is 6. The van der Waals surface area contributed by atoms with Crippen LogP contribution < -0.4 is 9.47 Å². The van der Waals surface area contributed by atoms with Crippen LogP contribution in [0.25, 0.3) is 22.3 Å². The normalized spacial score (nSPS) is 11.9. The van der Waals surface area contributed by atoms with Gasteiger partial charge in [-0.05, 0) is 108 Å². The molecular weight excluding hydrogens is 590 g/mol. The topological polar surface area (TPSA) is 18.5 Å². The summed E-state index contributed by atoms with van der Waals surface area (Å²) in [6.45, 7) is 3.68. The summed E-state index contributed by atoms with van der Waals surface area (Å²) in [4.78, 5) is 0. The van der Waals surface area contributed by atoms with Crippen molar-refractivity contribution in [3.8, 4) is 33.8 Å². The van der Waals surface area contributed by atoms with E-state index in [0.717, 1.165) is 47.9 Å². The first kappa shape index (κ1) is 33.9. The Morgan fingerprint density at radius 1 is 0.467 bits per heavy atom. The SMILES string of the molecule is Cc1cc(-c2ccc(OC(F)(F)F)cc2)ccc1CCCCCCCCCc1ccc(-c2ccc(OC(F)(F)F)c(C)c2)cc1. The monoisotopic (exact) mass is 628 g/mol. The molecule has 0 aromatic heterocycles. The minimum atomic E-state index is -4.70. The van der Waals surface area contributed by atoms with Gasteiger partial charge in [-0.1, -0.05) is 92.8 Å². The van der Waals surface area contributed by atoms with E-state index in [-0.39, 0.29) is 11.5 Å².